The van der Waals surface area contributed by atoms with Gasteiger partial charge in [0.2, 0.25) is 15.9 Å². The van der Waals surface area contributed by atoms with Crippen LogP contribution in [0.25, 0.3) is 0 Å². The van der Waals surface area contributed by atoms with Crippen molar-refractivity contribution >= 4 is 33.2 Å². The van der Waals surface area contributed by atoms with E-state index in [-0.39, 0.29) is 11.3 Å². The number of amides is 1. The largest absolute Gasteiger partial charge is 0.381 e. The minimum atomic E-state index is -3.69. The SMILES string of the molecule is CC[C@H](C(=O)NCC1(c2ccccc2)CCOCC1)N(c1ccc(Cl)cc1)S(C)(=O)=O. The van der Waals surface area contributed by atoms with Crippen molar-refractivity contribution in [2.24, 2.45) is 0 Å². The molecule has 3 rings (SSSR count). The Hall–Kier alpha value is -2.09. The van der Waals surface area contributed by atoms with Gasteiger partial charge in [0.05, 0.1) is 11.9 Å². The zero-order valence-corrected chi connectivity index (χ0v) is 19.5. The van der Waals surface area contributed by atoms with Crippen molar-refractivity contribution in [3.05, 3.63) is 65.2 Å². The number of hydrogen-bond acceptors (Lipinski definition) is 4. The number of ether oxygens (including phenoxy) is 1. The summed E-state index contributed by atoms with van der Waals surface area (Å²) in [6.07, 6.45) is 3.03. The van der Waals surface area contributed by atoms with Gasteiger partial charge in [0, 0.05) is 30.2 Å². The maximum atomic E-state index is 13.2. The number of carbonyl (C=O) groups is 1. The molecule has 1 aliphatic heterocycles. The van der Waals surface area contributed by atoms with Crippen LogP contribution in [0.4, 0.5) is 5.69 Å². The summed E-state index contributed by atoms with van der Waals surface area (Å²) in [4.78, 5) is 13.2. The highest BCUT2D eigenvalue weighted by Gasteiger charge is 2.37. The summed E-state index contributed by atoms with van der Waals surface area (Å²) in [7, 11) is -3.69. The third-order valence-electron chi connectivity index (χ3n) is 5.85. The van der Waals surface area contributed by atoms with Crippen LogP contribution < -0.4 is 9.62 Å². The van der Waals surface area contributed by atoms with Gasteiger partial charge in [-0.05, 0) is 49.1 Å². The van der Waals surface area contributed by atoms with Crippen LogP contribution in [0.1, 0.15) is 31.7 Å². The molecule has 1 saturated heterocycles. The Balaban J connectivity index is 1.84. The topological polar surface area (TPSA) is 75.7 Å². The highest BCUT2D eigenvalue weighted by atomic mass is 35.5. The minimum absolute atomic E-state index is 0.232. The number of rotatable bonds is 8. The molecule has 31 heavy (non-hydrogen) atoms. The van der Waals surface area contributed by atoms with E-state index < -0.39 is 16.1 Å². The third-order valence-corrected chi connectivity index (χ3v) is 7.28. The molecule has 1 aliphatic rings. The Morgan fingerprint density at radius 1 is 1.13 bits per heavy atom. The number of anilines is 1. The van der Waals surface area contributed by atoms with Gasteiger partial charge in [-0.2, -0.15) is 0 Å². The smallest absolute Gasteiger partial charge is 0.243 e. The molecule has 0 aromatic heterocycles. The van der Waals surface area contributed by atoms with Gasteiger partial charge in [-0.15, -0.1) is 0 Å². The van der Waals surface area contributed by atoms with E-state index in [4.69, 9.17) is 16.3 Å². The van der Waals surface area contributed by atoms with Crippen molar-refractivity contribution in [3.63, 3.8) is 0 Å². The van der Waals surface area contributed by atoms with E-state index in [0.717, 1.165) is 24.7 Å². The first-order chi connectivity index (χ1) is 14.8. The lowest BCUT2D eigenvalue weighted by molar-refractivity contribution is -0.122. The van der Waals surface area contributed by atoms with E-state index in [1.165, 1.54) is 4.31 Å². The quantitative estimate of drug-likeness (QED) is 0.645. The zero-order chi connectivity index (χ0) is 22.5. The Morgan fingerprint density at radius 2 is 1.74 bits per heavy atom. The van der Waals surface area contributed by atoms with Gasteiger partial charge in [0.1, 0.15) is 6.04 Å². The molecule has 0 unspecified atom stereocenters. The summed E-state index contributed by atoms with van der Waals surface area (Å²) in [5, 5.41) is 3.55. The van der Waals surface area contributed by atoms with Crippen molar-refractivity contribution in [2.75, 3.05) is 30.3 Å². The van der Waals surface area contributed by atoms with Gasteiger partial charge in [-0.1, -0.05) is 48.9 Å². The summed E-state index contributed by atoms with van der Waals surface area (Å²) in [6.45, 7) is 3.48. The van der Waals surface area contributed by atoms with Gasteiger partial charge in [0.15, 0.2) is 0 Å². The van der Waals surface area contributed by atoms with Crippen LogP contribution in [-0.2, 0) is 25.0 Å². The number of nitrogens with zero attached hydrogens (tertiary/aromatic N) is 1. The normalized spacial score (nSPS) is 17.0. The molecule has 1 atom stereocenters. The van der Waals surface area contributed by atoms with Gasteiger partial charge in [-0.3, -0.25) is 9.10 Å². The fourth-order valence-electron chi connectivity index (χ4n) is 4.14. The Kier molecular flexibility index (Phi) is 7.62. The summed E-state index contributed by atoms with van der Waals surface area (Å²) < 4.78 is 32.0. The fourth-order valence-corrected chi connectivity index (χ4v) is 5.48. The van der Waals surface area contributed by atoms with Crippen molar-refractivity contribution in [3.8, 4) is 0 Å². The molecule has 2 aromatic rings. The molecular weight excluding hydrogens is 436 g/mol. The molecule has 1 amide bonds. The second-order valence-electron chi connectivity index (χ2n) is 7.94. The minimum Gasteiger partial charge on any atom is -0.381 e. The van der Waals surface area contributed by atoms with Crippen LogP contribution in [0.15, 0.2) is 54.6 Å². The average Bonchev–Trinajstić information content (AvgIpc) is 2.77. The van der Waals surface area contributed by atoms with Crippen LogP contribution in [-0.4, -0.2) is 46.4 Å². The molecule has 6 nitrogen and oxygen atoms in total. The molecule has 8 heteroatoms. The standard InChI is InChI=1S/C23H29ClN2O4S/c1-3-21(26(31(2,28)29)20-11-9-19(24)10-12-20)22(27)25-17-23(13-15-30-16-14-23)18-7-5-4-6-8-18/h4-12,21H,3,13-17H2,1-2H3,(H,25,27)/t21-/m1/s1. The molecule has 1 heterocycles. The molecule has 168 valence electrons. The number of nitrogens with one attached hydrogen (secondary N) is 1. The number of hydrogen-bond donors (Lipinski definition) is 1. The Bertz CT molecular complexity index is 974. The zero-order valence-electron chi connectivity index (χ0n) is 17.9. The Labute approximate surface area is 189 Å². The van der Waals surface area contributed by atoms with Crippen molar-refractivity contribution < 1.29 is 17.9 Å². The molecule has 0 saturated carbocycles. The molecule has 0 spiro atoms. The first-order valence-electron chi connectivity index (χ1n) is 10.4. The average molecular weight is 465 g/mol. The summed E-state index contributed by atoms with van der Waals surface area (Å²) >= 11 is 5.96. The van der Waals surface area contributed by atoms with Gasteiger partial charge >= 0.3 is 0 Å². The Morgan fingerprint density at radius 3 is 2.29 bits per heavy atom. The summed E-state index contributed by atoms with van der Waals surface area (Å²) in [5.74, 6) is -0.315. The molecule has 1 N–H and O–H groups in total. The highest BCUT2D eigenvalue weighted by Crippen LogP contribution is 2.34. The van der Waals surface area contributed by atoms with Gasteiger partial charge in [-0.25, -0.2) is 8.42 Å². The van der Waals surface area contributed by atoms with E-state index in [1.807, 2.05) is 18.2 Å². The number of sulfonamides is 1. The van der Waals surface area contributed by atoms with Crippen molar-refractivity contribution in [2.45, 2.75) is 37.6 Å². The maximum Gasteiger partial charge on any atom is 0.243 e. The maximum absolute atomic E-state index is 13.2. The van der Waals surface area contributed by atoms with E-state index in [0.29, 0.717) is 36.9 Å². The van der Waals surface area contributed by atoms with E-state index in [2.05, 4.69) is 17.4 Å². The van der Waals surface area contributed by atoms with Crippen LogP contribution in [0.5, 0.6) is 0 Å². The second kappa shape index (κ2) is 10.0. The van der Waals surface area contributed by atoms with Crippen LogP contribution in [0, 0.1) is 0 Å². The van der Waals surface area contributed by atoms with Gasteiger partial charge in [0.25, 0.3) is 0 Å². The summed E-state index contributed by atoms with van der Waals surface area (Å²) in [5.41, 5.74) is 1.34. The predicted octanol–water partition coefficient (Wildman–Crippen LogP) is 3.75. The molecule has 0 aliphatic carbocycles. The fraction of sp³-hybridized carbons (Fsp3) is 0.435. The first-order valence-corrected chi connectivity index (χ1v) is 12.7. The molecule has 0 radical (unpaired) electrons. The lowest BCUT2D eigenvalue weighted by atomic mass is 9.74. The molecule has 1 fully saturated rings. The molecule has 0 bridgehead atoms. The van der Waals surface area contributed by atoms with Crippen LogP contribution in [0.3, 0.4) is 0 Å². The lowest BCUT2D eigenvalue weighted by Crippen LogP contribution is -2.52. The van der Waals surface area contributed by atoms with E-state index in [9.17, 15) is 13.2 Å². The van der Waals surface area contributed by atoms with Crippen molar-refractivity contribution in [1.82, 2.24) is 5.32 Å². The van der Waals surface area contributed by atoms with E-state index in [1.54, 1.807) is 31.2 Å². The second-order valence-corrected chi connectivity index (χ2v) is 10.2. The number of carbonyl (C=O) groups excluding carboxylic acids is 1. The van der Waals surface area contributed by atoms with Crippen LogP contribution >= 0.6 is 11.6 Å². The number of halogens is 1. The summed E-state index contributed by atoms with van der Waals surface area (Å²) in [6, 6.07) is 15.7. The highest BCUT2D eigenvalue weighted by molar-refractivity contribution is 7.92. The third kappa shape index (κ3) is 5.59. The molecular formula is C23H29ClN2O4S. The number of benzene rings is 2. The monoisotopic (exact) mass is 464 g/mol. The van der Waals surface area contributed by atoms with Crippen molar-refractivity contribution in [1.29, 1.82) is 0 Å². The molecule has 2 aromatic carbocycles. The van der Waals surface area contributed by atoms with Gasteiger partial charge < -0.3 is 10.1 Å². The first kappa shape index (κ1) is 23.6. The predicted molar refractivity (Wildman–Crippen MR) is 124 cm³/mol. The lowest BCUT2D eigenvalue weighted by Gasteiger charge is -2.39. The van der Waals surface area contributed by atoms with E-state index >= 15 is 0 Å². The van der Waals surface area contributed by atoms with Crippen LogP contribution in [0.2, 0.25) is 5.02 Å².